The van der Waals surface area contributed by atoms with E-state index in [0.29, 0.717) is 24.0 Å². The van der Waals surface area contributed by atoms with Crippen molar-refractivity contribution in [3.8, 4) is 5.75 Å². The van der Waals surface area contributed by atoms with Crippen LogP contribution in [0, 0.1) is 0 Å². The molecule has 0 spiro atoms. The standard InChI is InChI=1S/C13H20N2O2/c1-17-12-7-3-6-11(13(12)14)15(8-9-16)10-4-2-5-10/h3,6-7,10,16H,2,4-5,8-9,14H2,1H3. The second-order valence-electron chi connectivity index (χ2n) is 4.39. The Bertz CT molecular complexity index is 378. The maximum absolute atomic E-state index is 9.17. The molecule has 0 amide bonds. The number of rotatable bonds is 5. The fourth-order valence-corrected chi connectivity index (χ4v) is 2.27. The largest absolute Gasteiger partial charge is 0.495 e. The summed E-state index contributed by atoms with van der Waals surface area (Å²) >= 11 is 0. The van der Waals surface area contributed by atoms with Gasteiger partial charge in [-0.05, 0) is 31.4 Å². The van der Waals surface area contributed by atoms with Crippen LogP contribution in [-0.4, -0.2) is 31.4 Å². The Morgan fingerprint density at radius 1 is 1.47 bits per heavy atom. The zero-order valence-corrected chi connectivity index (χ0v) is 10.2. The van der Waals surface area contributed by atoms with E-state index in [1.807, 2.05) is 18.2 Å². The minimum atomic E-state index is 0.146. The third kappa shape index (κ3) is 2.31. The zero-order chi connectivity index (χ0) is 12.3. The molecule has 4 nitrogen and oxygen atoms in total. The van der Waals surface area contributed by atoms with Crippen LogP contribution in [0.2, 0.25) is 0 Å². The fourth-order valence-electron chi connectivity index (χ4n) is 2.27. The van der Waals surface area contributed by atoms with Crippen LogP contribution >= 0.6 is 0 Å². The van der Waals surface area contributed by atoms with E-state index in [1.54, 1.807) is 7.11 Å². The third-order valence-corrected chi connectivity index (χ3v) is 3.43. The van der Waals surface area contributed by atoms with Gasteiger partial charge in [-0.25, -0.2) is 0 Å². The number of nitrogens with zero attached hydrogens (tertiary/aromatic N) is 1. The summed E-state index contributed by atoms with van der Waals surface area (Å²) in [5.74, 6) is 0.699. The monoisotopic (exact) mass is 236 g/mol. The Balaban J connectivity index is 2.28. The van der Waals surface area contributed by atoms with Crippen LogP contribution in [0.15, 0.2) is 18.2 Å². The maximum atomic E-state index is 9.17. The number of nitrogen functional groups attached to an aromatic ring is 1. The van der Waals surface area contributed by atoms with Gasteiger partial charge in [0, 0.05) is 12.6 Å². The van der Waals surface area contributed by atoms with Gasteiger partial charge in [-0.15, -0.1) is 0 Å². The molecule has 0 unspecified atom stereocenters. The summed E-state index contributed by atoms with van der Waals surface area (Å²) in [4.78, 5) is 2.20. The number of methoxy groups -OCH3 is 1. The highest BCUT2D eigenvalue weighted by molar-refractivity contribution is 5.74. The summed E-state index contributed by atoms with van der Waals surface area (Å²) in [5, 5.41) is 9.17. The predicted molar refractivity (Wildman–Crippen MR) is 69.5 cm³/mol. The van der Waals surface area contributed by atoms with Crippen LogP contribution in [0.5, 0.6) is 5.75 Å². The predicted octanol–water partition coefficient (Wildman–Crippen LogP) is 1.63. The molecule has 0 saturated heterocycles. The van der Waals surface area contributed by atoms with Crippen LogP contribution in [-0.2, 0) is 0 Å². The lowest BCUT2D eigenvalue weighted by molar-refractivity contribution is 0.283. The summed E-state index contributed by atoms with van der Waals surface area (Å²) in [7, 11) is 1.62. The third-order valence-electron chi connectivity index (χ3n) is 3.43. The zero-order valence-electron chi connectivity index (χ0n) is 10.2. The van der Waals surface area contributed by atoms with Gasteiger partial charge < -0.3 is 20.5 Å². The van der Waals surface area contributed by atoms with Crippen molar-refractivity contribution < 1.29 is 9.84 Å². The summed E-state index contributed by atoms with van der Waals surface area (Å²) < 4.78 is 5.23. The molecule has 0 aliphatic heterocycles. The van der Waals surface area contributed by atoms with E-state index < -0.39 is 0 Å². The molecule has 1 fully saturated rings. The number of nitrogens with two attached hydrogens (primary N) is 1. The molecule has 1 saturated carbocycles. The molecule has 0 aromatic heterocycles. The Hall–Kier alpha value is -1.42. The minimum absolute atomic E-state index is 0.146. The van der Waals surface area contributed by atoms with Gasteiger partial charge >= 0.3 is 0 Å². The molecular weight excluding hydrogens is 216 g/mol. The summed E-state index contributed by atoms with van der Waals surface area (Å²) in [6.45, 7) is 0.773. The highest BCUT2D eigenvalue weighted by atomic mass is 16.5. The van der Waals surface area contributed by atoms with Crippen molar-refractivity contribution in [1.82, 2.24) is 0 Å². The molecular formula is C13H20N2O2. The number of benzene rings is 1. The van der Waals surface area contributed by atoms with Crippen LogP contribution in [0.3, 0.4) is 0 Å². The van der Waals surface area contributed by atoms with Gasteiger partial charge in [0.05, 0.1) is 25.1 Å². The topological polar surface area (TPSA) is 58.7 Å². The Labute approximate surface area is 102 Å². The second kappa shape index (κ2) is 5.27. The van der Waals surface area contributed by atoms with E-state index in [0.717, 1.165) is 5.69 Å². The van der Waals surface area contributed by atoms with Crippen LogP contribution in [0.1, 0.15) is 19.3 Å². The van der Waals surface area contributed by atoms with Gasteiger partial charge in [0.15, 0.2) is 0 Å². The second-order valence-corrected chi connectivity index (χ2v) is 4.39. The van der Waals surface area contributed by atoms with Crippen LogP contribution < -0.4 is 15.4 Å². The van der Waals surface area contributed by atoms with Gasteiger partial charge in [-0.2, -0.15) is 0 Å². The number of ether oxygens (including phenoxy) is 1. The summed E-state index contributed by atoms with van der Waals surface area (Å²) in [6.07, 6.45) is 3.61. The van der Waals surface area contributed by atoms with E-state index in [1.165, 1.54) is 19.3 Å². The van der Waals surface area contributed by atoms with E-state index in [9.17, 15) is 5.11 Å². The molecule has 1 aliphatic carbocycles. The first-order valence-electron chi connectivity index (χ1n) is 6.08. The van der Waals surface area contributed by atoms with Crippen LogP contribution in [0.25, 0.3) is 0 Å². The molecule has 3 N–H and O–H groups in total. The van der Waals surface area contributed by atoms with Crippen molar-refractivity contribution in [2.24, 2.45) is 0 Å². The first kappa shape index (κ1) is 12.0. The Morgan fingerprint density at radius 2 is 2.24 bits per heavy atom. The molecule has 0 heterocycles. The molecule has 1 aromatic carbocycles. The van der Waals surface area contributed by atoms with Crippen LogP contribution in [0.4, 0.5) is 11.4 Å². The Morgan fingerprint density at radius 3 is 2.76 bits per heavy atom. The van der Waals surface area contributed by atoms with E-state index >= 15 is 0 Å². The number of hydrogen-bond donors (Lipinski definition) is 2. The minimum Gasteiger partial charge on any atom is -0.495 e. The lowest BCUT2D eigenvalue weighted by atomic mass is 9.91. The molecule has 0 bridgehead atoms. The maximum Gasteiger partial charge on any atom is 0.143 e. The van der Waals surface area contributed by atoms with Crippen molar-refractivity contribution in [2.45, 2.75) is 25.3 Å². The smallest absolute Gasteiger partial charge is 0.143 e. The molecule has 1 aliphatic rings. The van der Waals surface area contributed by atoms with E-state index in [4.69, 9.17) is 10.5 Å². The van der Waals surface area contributed by atoms with Gasteiger partial charge in [0.1, 0.15) is 5.75 Å². The lowest BCUT2D eigenvalue weighted by Gasteiger charge is -2.39. The van der Waals surface area contributed by atoms with Gasteiger partial charge in [-0.1, -0.05) is 6.07 Å². The highest BCUT2D eigenvalue weighted by Gasteiger charge is 2.26. The SMILES string of the molecule is COc1cccc(N(CCO)C2CCC2)c1N. The molecule has 94 valence electrons. The van der Waals surface area contributed by atoms with Gasteiger partial charge in [-0.3, -0.25) is 0 Å². The van der Waals surface area contributed by atoms with E-state index in [-0.39, 0.29) is 6.61 Å². The number of hydrogen-bond acceptors (Lipinski definition) is 4. The van der Waals surface area contributed by atoms with Crippen molar-refractivity contribution in [3.63, 3.8) is 0 Å². The average molecular weight is 236 g/mol. The van der Waals surface area contributed by atoms with Crippen molar-refractivity contribution in [1.29, 1.82) is 0 Å². The first-order valence-corrected chi connectivity index (χ1v) is 6.08. The lowest BCUT2D eigenvalue weighted by Crippen LogP contribution is -2.42. The van der Waals surface area contributed by atoms with Crippen molar-refractivity contribution in [2.75, 3.05) is 30.9 Å². The quantitative estimate of drug-likeness (QED) is 0.763. The number of aliphatic hydroxyl groups excluding tert-OH is 1. The van der Waals surface area contributed by atoms with Gasteiger partial charge in [0.2, 0.25) is 0 Å². The fraction of sp³-hybridized carbons (Fsp3) is 0.538. The molecule has 4 heteroatoms. The van der Waals surface area contributed by atoms with E-state index in [2.05, 4.69) is 4.90 Å². The first-order chi connectivity index (χ1) is 8.27. The summed E-state index contributed by atoms with van der Waals surface area (Å²) in [6, 6.07) is 6.30. The van der Waals surface area contributed by atoms with Gasteiger partial charge in [0.25, 0.3) is 0 Å². The summed E-state index contributed by atoms with van der Waals surface area (Å²) in [5.41, 5.74) is 7.73. The average Bonchev–Trinajstić information content (AvgIpc) is 2.26. The molecule has 2 rings (SSSR count). The molecule has 17 heavy (non-hydrogen) atoms. The molecule has 0 atom stereocenters. The number of para-hydroxylation sites is 1. The molecule has 1 aromatic rings. The highest BCUT2D eigenvalue weighted by Crippen LogP contribution is 2.36. The normalized spacial score (nSPS) is 15.4. The molecule has 0 radical (unpaired) electrons. The Kier molecular flexibility index (Phi) is 3.74. The van der Waals surface area contributed by atoms with Crippen molar-refractivity contribution >= 4 is 11.4 Å². The number of anilines is 2. The van der Waals surface area contributed by atoms with Crippen molar-refractivity contribution in [3.05, 3.63) is 18.2 Å². The number of aliphatic hydroxyl groups is 1.